The van der Waals surface area contributed by atoms with Gasteiger partial charge in [0.1, 0.15) is 6.04 Å². The van der Waals surface area contributed by atoms with Crippen LogP contribution in [0.15, 0.2) is 0 Å². The first-order chi connectivity index (χ1) is 9.22. The Bertz CT molecular complexity index is 218. The van der Waals surface area contributed by atoms with Crippen LogP contribution < -0.4 is 34.9 Å². The van der Waals surface area contributed by atoms with Gasteiger partial charge < -0.3 is 11.5 Å². The summed E-state index contributed by atoms with van der Waals surface area (Å²) in [4.78, 5) is 11.3. The van der Waals surface area contributed by atoms with Gasteiger partial charge in [-0.3, -0.25) is 4.79 Å². The fourth-order valence-electron chi connectivity index (χ4n) is 2.01. The van der Waals surface area contributed by atoms with Crippen LogP contribution in [0.5, 0.6) is 0 Å². The summed E-state index contributed by atoms with van der Waals surface area (Å²) in [5, 5.41) is 2.88. The SMILES string of the molecule is CCCCCCCCCCCCOC(=O)[C@H](C)NC.[H-].[Na+]. The number of nitrogens with one attached hydrogen (secondary N) is 1. The van der Waals surface area contributed by atoms with E-state index in [9.17, 15) is 4.79 Å². The molecule has 0 rings (SSSR count). The molecule has 0 bridgehead atoms. The molecule has 0 aromatic heterocycles. The van der Waals surface area contributed by atoms with Crippen LogP contribution in [0.3, 0.4) is 0 Å². The van der Waals surface area contributed by atoms with E-state index in [0.29, 0.717) is 6.61 Å². The molecule has 0 spiro atoms. The van der Waals surface area contributed by atoms with Crippen molar-refractivity contribution >= 4 is 5.97 Å². The van der Waals surface area contributed by atoms with Crippen molar-refractivity contribution in [2.75, 3.05) is 13.7 Å². The number of ether oxygens (including phenoxy) is 1. The van der Waals surface area contributed by atoms with Crippen LogP contribution in [0.1, 0.15) is 79.5 Å². The molecule has 0 saturated heterocycles. The average Bonchev–Trinajstić information content (AvgIpc) is 2.43. The summed E-state index contributed by atoms with van der Waals surface area (Å²) in [5.74, 6) is -0.140. The molecule has 20 heavy (non-hydrogen) atoms. The largest absolute Gasteiger partial charge is 1.00 e. The second-order valence-corrected chi connectivity index (χ2v) is 5.36. The Labute approximate surface area is 149 Å². The Morgan fingerprint density at radius 1 is 1.00 bits per heavy atom. The topological polar surface area (TPSA) is 38.3 Å². The van der Waals surface area contributed by atoms with E-state index in [4.69, 9.17) is 4.74 Å². The van der Waals surface area contributed by atoms with Crippen molar-refractivity contribution in [2.45, 2.75) is 84.1 Å². The Morgan fingerprint density at radius 3 is 1.90 bits per heavy atom. The number of carbonyl (C=O) groups excluding carboxylic acids is 1. The number of carbonyl (C=O) groups is 1. The minimum absolute atomic E-state index is 0. The first kappa shape index (κ1) is 22.7. The van der Waals surface area contributed by atoms with Crippen molar-refractivity contribution in [1.29, 1.82) is 0 Å². The van der Waals surface area contributed by atoms with E-state index in [0.717, 1.165) is 6.42 Å². The van der Waals surface area contributed by atoms with Crippen LogP contribution in [0, 0.1) is 0 Å². The zero-order valence-electron chi connectivity index (χ0n) is 15.2. The number of esters is 1. The molecule has 1 N–H and O–H groups in total. The summed E-state index contributed by atoms with van der Waals surface area (Å²) in [6.45, 7) is 4.65. The summed E-state index contributed by atoms with van der Waals surface area (Å²) in [5.41, 5.74) is 0. The quantitative estimate of drug-likeness (QED) is 0.315. The molecule has 0 unspecified atom stereocenters. The first-order valence-electron chi connectivity index (χ1n) is 8.06. The van der Waals surface area contributed by atoms with Crippen molar-refractivity contribution < 1.29 is 40.5 Å². The van der Waals surface area contributed by atoms with E-state index in [1.54, 1.807) is 7.05 Å². The number of unbranched alkanes of at least 4 members (excludes halogenated alkanes) is 9. The van der Waals surface area contributed by atoms with Gasteiger partial charge in [-0.1, -0.05) is 64.7 Å². The molecule has 0 amide bonds. The molecule has 0 aromatic rings. The molecule has 116 valence electrons. The van der Waals surface area contributed by atoms with E-state index >= 15 is 0 Å². The van der Waals surface area contributed by atoms with Gasteiger partial charge in [0.25, 0.3) is 0 Å². The van der Waals surface area contributed by atoms with Crippen LogP contribution in [0.4, 0.5) is 0 Å². The van der Waals surface area contributed by atoms with Crippen LogP contribution in [-0.4, -0.2) is 25.7 Å². The molecule has 0 fully saturated rings. The molecule has 0 aliphatic rings. The van der Waals surface area contributed by atoms with Crippen LogP contribution >= 0.6 is 0 Å². The van der Waals surface area contributed by atoms with E-state index in [2.05, 4.69) is 12.2 Å². The van der Waals surface area contributed by atoms with Gasteiger partial charge in [0.05, 0.1) is 6.61 Å². The van der Waals surface area contributed by atoms with Crippen molar-refractivity contribution in [3.8, 4) is 0 Å². The van der Waals surface area contributed by atoms with Crippen molar-refractivity contribution in [1.82, 2.24) is 5.32 Å². The normalized spacial score (nSPS) is 11.8. The third-order valence-corrected chi connectivity index (χ3v) is 3.53. The van der Waals surface area contributed by atoms with Gasteiger partial charge >= 0.3 is 35.5 Å². The standard InChI is InChI=1S/C16H33NO2.Na.H/c1-4-5-6-7-8-9-10-11-12-13-14-19-16(18)15(2)17-3;;/h15,17H,4-14H2,1-3H3;;/q;+1;-1/t15-;;/m0../s1. The summed E-state index contributed by atoms with van der Waals surface area (Å²) < 4.78 is 5.17. The number of rotatable bonds is 13. The monoisotopic (exact) mass is 295 g/mol. The van der Waals surface area contributed by atoms with Crippen LogP contribution in [0.25, 0.3) is 0 Å². The zero-order chi connectivity index (χ0) is 14.3. The van der Waals surface area contributed by atoms with E-state index < -0.39 is 0 Å². The van der Waals surface area contributed by atoms with Gasteiger partial charge in [0.15, 0.2) is 0 Å². The fourth-order valence-corrected chi connectivity index (χ4v) is 2.01. The Kier molecular flexibility index (Phi) is 19.8. The van der Waals surface area contributed by atoms with Gasteiger partial charge in [-0.25, -0.2) is 0 Å². The number of likely N-dealkylation sites (N-methyl/N-ethyl adjacent to an activating group) is 1. The summed E-state index contributed by atoms with van der Waals surface area (Å²) >= 11 is 0. The third-order valence-electron chi connectivity index (χ3n) is 3.53. The second-order valence-electron chi connectivity index (χ2n) is 5.36. The predicted octanol–water partition coefficient (Wildman–Crippen LogP) is 1.17. The summed E-state index contributed by atoms with van der Waals surface area (Å²) in [6.07, 6.45) is 13.0. The maximum Gasteiger partial charge on any atom is 1.00 e. The Balaban J connectivity index is -0.00000162. The Morgan fingerprint density at radius 2 is 1.45 bits per heavy atom. The molecule has 3 nitrogen and oxygen atoms in total. The molecular weight excluding hydrogens is 261 g/mol. The maximum atomic E-state index is 11.3. The predicted molar refractivity (Wildman–Crippen MR) is 82.4 cm³/mol. The van der Waals surface area contributed by atoms with Gasteiger partial charge in [-0.2, -0.15) is 0 Å². The van der Waals surface area contributed by atoms with E-state index in [-0.39, 0.29) is 43.0 Å². The van der Waals surface area contributed by atoms with Gasteiger partial charge in [0, 0.05) is 0 Å². The van der Waals surface area contributed by atoms with Crippen molar-refractivity contribution in [2.24, 2.45) is 0 Å². The second kappa shape index (κ2) is 17.5. The molecule has 0 saturated carbocycles. The van der Waals surface area contributed by atoms with E-state index in [1.807, 2.05) is 6.92 Å². The average molecular weight is 295 g/mol. The fraction of sp³-hybridized carbons (Fsp3) is 0.938. The van der Waals surface area contributed by atoms with E-state index in [1.165, 1.54) is 57.8 Å². The molecule has 1 atom stereocenters. The minimum atomic E-state index is -0.192. The molecule has 0 aliphatic heterocycles. The molecule has 0 aliphatic carbocycles. The third kappa shape index (κ3) is 14.8. The van der Waals surface area contributed by atoms with Gasteiger partial charge in [-0.15, -0.1) is 0 Å². The number of hydrogen-bond acceptors (Lipinski definition) is 3. The van der Waals surface area contributed by atoms with Crippen LogP contribution in [-0.2, 0) is 9.53 Å². The maximum absolute atomic E-state index is 11.3. The van der Waals surface area contributed by atoms with Crippen molar-refractivity contribution in [3.63, 3.8) is 0 Å². The summed E-state index contributed by atoms with van der Waals surface area (Å²) in [6, 6.07) is -0.192. The molecule has 4 heteroatoms. The van der Waals surface area contributed by atoms with Crippen molar-refractivity contribution in [3.05, 3.63) is 0 Å². The molecule has 0 radical (unpaired) electrons. The first-order valence-corrected chi connectivity index (χ1v) is 8.06. The molecule has 0 heterocycles. The van der Waals surface area contributed by atoms with Crippen LogP contribution in [0.2, 0.25) is 0 Å². The smallest absolute Gasteiger partial charge is 1.00 e. The molecule has 0 aromatic carbocycles. The van der Waals surface area contributed by atoms with Gasteiger partial charge in [-0.05, 0) is 20.4 Å². The zero-order valence-corrected chi connectivity index (χ0v) is 16.2. The number of hydrogen-bond donors (Lipinski definition) is 1. The minimum Gasteiger partial charge on any atom is -1.00 e. The molecular formula is C16H34NNaO2. The summed E-state index contributed by atoms with van der Waals surface area (Å²) in [7, 11) is 1.77. The van der Waals surface area contributed by atoms with Gasteiger partial charge in [0.2, 0.25) is 0 Å². The Hall–Kier alpha value is 0.430.